The lowest BCUT2D eigenvalue weighted by Gasteiger charge is -2.11. The summed E-state index contributed by atoms with van der Waals surface area (Å²) in [7, 11) is 8.05. The number of anilines is 2. The summed E-state index contributed by atoms with van der Waals surface area (Å²) >= 11 is 10.0. The number of azo groups is 2. The minimum atomic E-state index is 0. The van der Waals surface area contributed by atoms with Crippen molar-refractivity contribution in [2.75, 3.05) is 54.0 Å². The first-order chi connectivity index (χ1) is 20.9. The van der Waals surface area contributed by atoms with Gasteiger partial charge < -0.3 is 26.8 Å². The minimum absolute atomic E-state index is 0. The Morgan fingerprint density at radius 1 is 0.614 bits per heavy atom. The molecule has 2 aromatic carbocycles. The first kappa shape index (κ1) is 39.5. The standard InChI is InChI=1S/C16H20BrN4.C13H14N4.C3H6Br2.BrH/c1-20(2)15-9-7-14(8-10-15)18-19-16-6-3-4-12-21(16)13-5-11-17;1-17(2)12-8-6-11(7-9-12)15-16-13-5-3-4-10-14-13;4-2-1-3-5;/h3-4,6-10,12H,5,11,13H2,1-2H3;3-10H,1-2H3;1-3H2;1H/q+1;;;/p-1. The molecular weight excluding hydrogens is 816 g/mol. The van der Waals surface area contributed by atoms with Crippen LogP contribution in [-0.2, 0) is 6.54 Å². The monoisotopic (exact) mass is 852 g/mol. The SMILES string of the molecule is BrCCCBr.CN(C)c1ccc(N=Nc2cccc[n+]2CCCBr)cc1.CN(C)c1ccc(N=Nc2ccccn2)cc1.[Br-]. The van der Waals surface area contributed by atoms with Crippen LogP contribution in [0.15, 0.2) is 118 Å². The first-order valence-corrected chi connectivity index (χ1v) is 17.2. The van der Waals surface area contributed by atoms with Crippen molar-refractivity contribution in [3.05, 3.63) is 97.3 Å². The van der Waals surface area contributed by atoms with Crippen molar-refractivity contribution in [3.8, 4) is 0 Å². The topological polar surface area (TPSA) is 72.7 Å². The third-order valence-electron chi connectivity index (χ3n) is 5.63. The molecule has 0 atom stereocenters. The maximum absolute atomic E-state index is 4.36. The van der Waals surface area contributed by atoms with Crippen molar-refractivity contribution in [1.29, 1.82) is 0 Å². The van der Waals surface area contributed by atoms with E-state index >= 15 is 0 Å². The van der Waals surface area contributed by atoms with E-state index in [4.69, 9.17) is 0 Å². The molecule has 0 bridgehead atoms. The molecule has 0 aliphatic carbocycles. The van der Waals surface area contributed by atoms with E-state index in [1.807, 2.05) is 124 Å². The van der Waals surface area contributed by atoms with Gasteiger partial charge in [0.1, 0.15) is 5.69 Å². The third kappa shape index (κ3) is 16.0. The molecule has 2 aromatic heterocycles. The van der Waals surface area contributed by atoms with E-state index in [2.05, 4.69) is 82.7 Å². The predicted molar refractivity (Wildman–Crippen MR) is 191 cm³/mol. The Morgan fingerprint density at radius 3 is 1.59 bits per heavy atom. The predicted octanol–water partition coefficient (Wildman–Crippen LogP) is 6.97. The second-order valence-electron chi connectivity index (χ2n) is 9.44. The Bertz CT molecular complexity index is 1350. The van der Waals surface area contributed by atoms with Crippen LogP contribution in [0.3, 0.4) is 0 Å². The molecule has 0 N–H and O–H groups in total. The molecule has 0 aliphatic rings. The van der Waals surface area contributed by atoms with Crippen molar-refractivity contribution in [1.82, 2.24) is 4.98 Å². The Morgan fingerprint density at radius 2 is 1.14 bits per heavy atom. The van der Waals surface area contributed by atoms with Crippen LogP contribution in [0.5, 0.6) is 0 Å². The van der Waals surface area contributed by atoms with Gasteiger partial charge in [0, 0.05) is 67.8 Å². The Hall–Kier alpha value is -2.54. The summed E-state index contributed by atoms with van der Waals surface area (Å²) in [5.74, 6) is 1.49. The highest BCUT2D eigenvalue weighted by atomic mass is 79.9. The van der Waals surface area contributed by atoms with E-state index < -0.39 is 0 Å². The maximum atomic E-state index is 4.36. The zero-order valence-electron chi connectivity index (χ0n) is 25.6. The van der Waals surface area contributed by atoms with Gasteiger partial charge in [-0.2, -0.15) is 0 Å². The highest BCUT2D eigenvalue weighted by Gasteiger charge is 2.08. The summed E-state index contributed by atoms with van der Waals surface area (Å²) in [5, 5.41) is 20.1. The number of aryl methyl sites for hydroxylation is 1. The van der Waals surface area contributed by atoms with E-state index in [1.165, 1.54) is 6.42 Å². The van der Waals surface area contributed by atoms with E-state index in [-0.39, 0.29) is 17.0 Å². The lowest BCUT2D eigenvalue weighted by atomic mass is 10.3. The molecule has 8 nitrogen and oxygen atoms in total. The molecule has 0 amide bonds. The minimum Gasteiger partial charge on any atom is -1.00 e. The number of benzene rings is 2. The number of halogens is 4. The average molecular weight is 856 g/mol. The highest BCUT2D eigenvalue weighted by Crippen LogP contribution is 2.21. The van der Waals surface area contributed by atoms with Gasteiger partial charge in [-0.1, -0.05) is 59.9 Å². The molecular formula is C32H40Br4N8. The van der Waals surface area contributed by atoms with Crippen molar-refractivity contribution >= 4 is 82.2 Å². The quantitative estimate of drug-likeness (QED) is 0.0930. The molecule has 0 unspecified atom stereocenters. The van der Waals surface area contributed by atoms with Crippen molar-refractivity contribution in [3.63, 3.8) is 0 Å². The van der Waals surface area contributed by atoms with Crippen LogP contribution in [0.2, 0.25) is 0 Å². The Kier molecular flexibility index (Phi) is 21.3. The van der Waals surface area contributed by atoms with Crippen LogP contribution in [0.25, 0.3) is 0 Å². The fourth-order valence-corrected chi connectivity index (χ4v) is 4.86. The van der Waals surface area contributed by atoms with Gasteiger partial charge >= 0.3 is 5.82 Å². The van der Waals surface area contributed by atoms with Gasteiger partial charge in [0.05, 0.1) is 23.5 Å². The molecule has 0 fully saturated rings. The lowest BCUT2D eigenvalue weighted by Crippen LogP contribution is -3.00. The summed E-state index contributed by atoms with van der Waals surface area (Å²) in [4.78, 5) is 8.17. The molecule has 4 rings (SSSR count). The summed E-state index contributed by atoms with van der Waals surface area (Å²) in [5.41, 5.74) is 3.97. The number of alkyl halides is 3. The summed E-state index contributed by atoms with van der Waals surface area (Å²) in [6.07, 6.45) is 6.02. The van der Waals surface area contributed by atoms with Crippen LogP contribution < -0.4 is 31.3 Å². The first-order valence-electron chi connectivity index (χ1n) is 13.8. The van der Waals surface area contributed by atoms with Crippen molar-refractivity contribution in [2.45, 2.75) is 19.4 Å². The molecule has 0 spiro atoms. The second-order valence-corrected chi connectivity index (χ2v) is 11.8. The van der Waals surface area contributed by atoms with Crippen molar-refractivity contribution < 1.29 is 21.5 Å². The second kappa shape index (κ2) is 23.8. The summed E-state index contributed by atoms with van der Waals surface area (Å²) in [6.45, 7) is 0.931. The summed E-state index contributed by atoms with van der Waals surface area (Å²) in [6, 6.07) is 27.4. The number of pyridine rings is 2. The highest BCUT2D eigenvalue weighted by molar-refractivity contribution is 9.09. The van der Waals surface area contributed by atoms with Crippen LogP contribution in [0.4, 0.5) is 34.4 Å². The molecule has 2 heterocycles. The number of hydrogen-bond donors (Lipinski definition) is 0. The van der Waals surface area contributed by atoms with Gasteiger partial charge in [-0.05, 0) is 84.7 Å². The van der Waals surface area contributed by atoms with Gasteiger partial charge in [0.15, 0.2) is 5.82 Å². The molecule has 0 radical (unpaired) electrons. The molecule has 0 saturated heterocycles. The zero-order valence-corrected chi connectivity index (χ0v) is 31.9. The lowest BCUT2D eigenvalue weighted by molar-refractivity contribution is -0.684. The number of hydrogen-bond acceptors (Lipinski definition) is 7. The van der Waals surface area contributed by atoms with Gasteiger partial charge in [-0.25, -0.2) is 9.55 Å². The summed E-state index contributed by atoms with van der Waals surface area (Å²) < 4.78 is 2.11. The smallest absolute Gasteiger partial charge is 0.350 e. The van der Waals surface area contributed by atoms with E-state index in [1.54, 1.807) is 6.20 Å². The zero-order chi connectivity index (χ0) is 31.3. The molecule has 236 valence electrons. The van der Waals surface area contributed by atoms with Crippen LogP contribution in [0, 0.1) is 0 Å². The van der Waals surface area contributed by atoms with Crippen LogP contribution in [0.1, 0.15) is 12.8 Å². The number of nitrogens with zero attached hydrogens (tertiary/aromatic N) is 8. The van der Waals surface area contributed by atoms with E-state index in [0.717, 1.165) is 57.5 Å². The fraction of sp³-hybridized carbons (Fsp3) is 0.312. The normalized spacial score (nSPS) is 10.3. The van der Waals surface area contributed by atoms with Gasteiger partial charge in [-0.15, -0.1) is 10.2 Å². The Balaban J connectivity index is 0.000000380. The van der Waals surface area contributed by atoms with Gasteiger partial charge in [0.2, 0.25) is 0 Å². The molecule has 0 saturated carbocycles. The molecule has 0 aliphatic heterocycles. The maximum Gasteiger partial charge on any atom is 0.350 e. The average Bonchev–Trinajstić information content (AvgIpc) is 3.04. The Labute approximate surface area is 297 Å². The number of aromatic nitrogens is 2. The van der Waals surface area contributed by atoms with Crippen LogP contribution >= 0.6 is 47.8 Å². The fourth-order valence-electron chi connectivity index (χ4n) is 3.29. The van der Waals surface area contributed by atoms with Gasteiger partial charge in [-0.3, -0.25) is 0 Å². The third-order valence-corrected chi connectivity index (χ3v) is 7.32. The van der Waals surface area contributed by atoms with Gasteiger partial charge in [0.25, 0.3) is 0 Å². The molecule has 4 aromatic rings. The van der Waals surface area contributed by atoms with E-state index in [0.29, 0.717) is 5.82 Å². The number of rotatable bonds is 11. The molecule has 44 heavy (non-hydrogen) atoms. The van der Waals surface area contributed by atoms with Crippen LogP contribution in [-0.4, -0.2) is 49.2 Å². The largest absolute Gasteiger partial charge is 1.00 e. The molecule has 12 heteroatoms. The van der Waals surface area contributed by atoms with E-state index in [9.17, 15) is 0 Å². The van der Waals surface area contributed by atoms with Crippen molar-refractivity contribution in [2.24, 2.45) is 20.5 Å².